The number of hydrogen-bond donors (Lipinski definition) is 5. The standard InChI is InChI=1S/C18H23N3O7/c19-18(26)8-9-21(17(25)20-18)16-15(24)14(23)12(28-16)10-27-13(22)7-6-11-4-2-1-3-5-11/h1-5,8-9,12,14-16,23-24,26H,6-7,10,19H2,(H,20,25)/t12-,14-,15-,16-,18?/m1/s1. The first-order valence-corrected chi connectivity index (χ1v) is 8.79. The molecule has 5 atom stereocenters. The van der Waals surface area contributed by atoms with Crippen molar-refractivity contribution in [2.45, 2.75) is 43.2 Å². The summed E-state index contributed by atoms with van der Waals surface area (Å²) in [6.07, 6.45) is -2.14. The zero-order valence-corrected chi connectivity index (χ0v) is 15.0. The highest BCUT2D eigenvalue weighted by atomic mass is 16.6. The fourth-order valence-corrected chi connectivity index (χ4v) is 2.97. The molecule has 1 saturated heterocycles. The van der Waals surface area contributed by atoms with Gasteiger partial charge in [0.15, 0.2) is 6.23 Å². The number of benzene rings is 1. The number of hydrogen-bond acceptors (Lipinski definition) is 8. The van der Waals surface area contributed by atoms with Crippen LogP contribution in [0.3, 0.4) is 0 Å². The second kappa shape index (κ2) is 8.25. The minimum atomic E-state index is -2.01. The third kappa shape index (κ3) is 4.66. The van der Waals surface area contributed by atoms with E-state index in [4.69, 9.17) is 15.2 Å². The molecule has 2 heterocycles. The molecule has 3 rings (SSSR count). The number of urea groups is 1. The molecular formula is C18H23N3O7. The van der Waals surface area contributed by atoms with Gasteiger partial charge in [0, 0.05) is 12.6 Å². The molecule has 1 fully saturated rings. The molecule has 28 heavy (non-hydrogen) atoms. The monoisotopic (exact) mass is 393 g/mol. The van der Waals surface area contributed by atoms with Crippen LogP contribution in [0.15, 0.2) is 42.6 Å². The van der Waals surface area contributed by atoms with Crippen molar-refractivity contribution in [1.82, 2.24) is 10.2 Å². The maximum absolute atomic E-state index is 12.0. The number of carbonyl (C=O) groups is 2. The Hall–Kier alpha value is -2.50. The molecule has 2 aliphatic heterocycles. The highest BCUT2D eigenvalue weighted by Gasteiger charge is 2.48. The van der Waals surface area contributed by atoms with Gasteiger partial charge in [-0.15, -0.1) is 0 Å². The van der Waals surface area contributed by atoms with Crippen LogP contribution in [0.25, 0.3) is 0 Å². The molecule has 152 valence electrons. The molecular weight excluding hydrogens is 370 g/mol. The van der Waals surface area contributed by atoms with Crippen LogP contribution < -0.4 is 11.1 Å². The van der Waals surface area contributed by atoms with E-state index >= 15 is 0 Å². The van der Waals surface area contributed by atoms with Crippen LogP contribution >= 0.6 is 0 Å². The van der Waals surface area contributed by atoms with Gasteiger partial charge in [-0.2, -0.15) is 0 Å². The molecule has 0 bridgehead atoms. The van der Waals surface area contributed by atoms with Gasteiger partial charge in [-0.3, -0.25) is 20.7 Å². The first-order valence-electron chi connectivity index (χ1n) is 8.79. The predicted molar refractivity (Wildman–Crippen MR) is 95.0 cm³/mol. The molecule has 2 aliphatic rings. The lowest BCUT2D eigenvalue weighted by molar-refractivity contribution is -0.150. The van der Waals surface area contributed by atoms with Gasteiger partial charge in [-0.05, 0) is 18.1 Å². The Morgan fingerprint density at radius 3 is 2.68 bits per heavy atom. The Morgan fingerprint density at radius 1 is 1.29 bits per heavy atom. The molecule has 0 saturated carbocycles. The van der Waals surface area contributed by atoms with E-state index in [1.54, 1.807) is 0 Å². The number of amides is 2. The molecule has 1 unspecified atom stereocenters. The molecule has 1 aromatic rings. The van der Waals surface area contributed by atoms with E-state index in [0.29, 0.717) is 6.42 Å². The predicted octanol–water partition coefficient (Wildman–Crippen LogP) is -1.25. The van der Waals surface area contributed by atoms with Crippen molar-refractivity contribution in [3.63, 3.8) is 0 Å². The van der Waals surface area contributed by atoms with Crippen molar-refractivity contribution in [1.29, 1.82) is 0 Å². The number of nitrogens with zero attached hydrogens (tertiary/aromatic N) is 1. The van der Waals surface area contributed by atoms with Crippen molar-refractivity contribution >= 4 is 12.0 Å². The SMILES string of the molecule is NC1(O)C=CN([C@@H]2O[C@H](COC(=O)CCc3ccccc3)[C@@H](O)[C@H]2O)C(=O)N1. The van der Waals surface area contributed by atoms with E-state index in [2.05, 4.69) is 5.32 Å². The Morgan fingerprint density at radius 2 is 2.00 bits per heavy atom. The van der Waals surface area contributed by atoms with Crippen LogP contribution in [-0.4, -0.2) is 69.2 Å². The van der Waals surface area contributed by atoms with Gasteiger partial charge in [0.05, 0.1) is 0 Å². The molecule has 6 N–H and O–H groups in total. The van der Waals surface area contributed by atoms with Crippen LogP contribution in [0, 0.1) is 0 Å². The number of rotatable bonds is 6. The fraction of sp³-hybridized carbons (Fsp3) is 0.444. The highest BCUT2D eigenvalue weighted by Crippen LogP contribution is 2.26. The molecule has 0 aliphatic carbocycles. The quantitative estimate of drug-likeness (QED) is 0.297. The molecule has 10 nitrogen and oxygen atoms in total. The third-order valence-electron chi connectivity index (χ3n) is 4.51. The molecule has 2 amide bonds. The zero-order valence-electron chi connectivity index (χ0n) is 15.0. The van der Waals surface area contributed by atoms with Gasteiger partial charge in [-0.25, -0.2) is 4.79 Å². The van der Waals surface area contributed by atoms with Gasteiger partial charge in [0.25, 0.3) is 0 Å². The minimum Gasteiger partial charge on any atom is -0.463 e. The first-order chi connectivity index (χ1) is 13.3. The zero-order chi connectivity index (χ0) is 20.3. The number of aliphatic hydroxyl groups is 3. The van der Waals surface area contributed by atoms with Gasteiger partial charge in [0.1, 0.15) is 24.9 Å². The number of nitrogens with one attached hydrogen (secondary N) is 1. The first kappa shape index (κ1) is 20.2. The number of nitrogens with two attached hydrogens (primary N) is 1. The van der Waals surface area contributed by atoms with Gasteiger partial charge in [0.2, 0.25) is 5.85 Å². The Labute approximate surface area is 161 Å². The Bertz CT molecular complexity index is 740. The second-order valence-electron chi connectivity index (χ2n) is 6.69. The average Bonchev–Trinajstić information content (AvgIpc) is 2.93. The summed E-state index contributed by atoms with van der Waals surface area (Å²) >= 11 is 0. The van der Waals surface area contributed by atoms with Crippen molar-refractivity contribution in [2.24, 2.45) is 5.73 Å². The lowest BCUT2D eigenvalue weighted by atomic mass is 10.1. The lowest BCUT2D eigenvalue weighted by Crippen LogP contribution is -2.62. The van der Waals surface area contributed by atoms with E-state index in [1.165, 1.54) is 0 Å². The van der Waals surface area contributed by atoms with Crippen LogP contribution in [-0.2, 0) is 20.7 Å². The smallest absolute Gasteiger partial charge is 0.327 e. The van der Waals surface area contributed by atoms with Crippen LogP contribution in [0.5, 0.6) is 0 Å². The summed E-state index contributed by atoms with van der Waals surface area (Å²) < 4.78 is 10.6. The van der Waals surface area contributed by atoms with E-state index in [0.717, 1.165) is 22.7 Å². The molecule has 0 aromatic heterocycles. The minimum absolute atomic E-state index is 0.158. The fourth-order valence-electron chi connectivity index (χ4n) is 2.97. The summed E-state index contributed by atoms with van der Waals surface area (Å²) in [5.41, 5.74) is 6.37. The molecule has 0 radical (unpaired) electrons. The summed E-state index contributed by atoms with van der Waals surface area (Å²) in [6.45, 7) is -0.275. The van der Waals surface area contributed by atoms with Crippen molar-refractivity contribution in [3.05, 3.63) is 48.2 Å². The van der Waals surface area contributed by atoms with Gasteiger partial charge < -0.3 is 24.8 Å². The number of ether oxygens (including phenoxy) is 2. The Kier molecular flexibility index (Phi) is 5.96. The van der Waals surface area contributed by atoms with Crippen molar-refractivity contribution in [3.8, 4) is 0 Å². The topological polar surface area (TPSA) is 155 Å². The molecule has 10 heteroatoms. The van der Waals surface area contributed by atoms with Crippen molar-refractivity contribution in [2.75, 3.05) is 6.61 Å². The second-order valence-corrected chi connectivity index (χ2v) is 6.69. The summed E-state index contributed by atoms with van der Waals surface area (Å²) in [5.74, 6) is -2.48. The van der Waals surface area contributed by atoms with E-state index in [-0.39, 0.29) is 13.0 Å². The van der Waals surface area contributed by atoms with Gasteiger partial charge in [-0.1, -0.05) is 30.3 Å². The normalized spacial score (nSPS) is 32.3. The van der Waals surface area contributed by atoms with Crippen molar-refractivity contribution < 1.29 is 34.4 Å². The van der Waals surface area contributed by atoms with Crippen LogP contribution in [0.2, 0.25) is 0 Å². The number of aliphatic hydroxyl groups excluding tert-OH is 2. The summed E-state index contributed by atoms with van der Waals surface area (Å²) in [6, 6.07) is 8.62. The number of carbonyl (C=O) groups excluding carboxylic acids is 2. The van der Waals surface area contributed by atoms with E-state index < -0.39 is 42.4 Å². The lowest BCUT2D eigenvalue weighted by Gasteiger charge is -2.34. The van der Waals surface area contributed by atoms with E-state index in [9.17, 15) is 24.9 Å². The number of esters is 1. The molecule has 0 spiro atoms. The largest absolute Gasteiger partial charge is 0.463 e. The maximum atomic E-state index is 12.0. The van der Waals surface area contributed by atoms with E-state index in [1.807, 2.05) is 30.3 Å². The Balaban J connectivity index is 1.51. The maximum Gasteiger partial charge on any atom is 0.327 e. The summed E-state index contributed by atoms with van der Waals surface area (Å²) in [5, 5.41) is 32.0. The third-order valence-corrected chi connectivity index (χ3v) is 4.51. The summed E-state index contributed by atoms with van der Waals surface area (Å²) in [7, 11) is 0. The average molecular weight is 393 g/mol. The van der Waals surface area contributed by atoms with Gasteiger partial charge >= 0.3 is 12.0 Å². The van der Waals surface area contributed by atoms with Crippen LogP contribution in [0.1, 0.15) is 12.0 Å². The van der Waals surface area contributed by atoms with Crippen LogP contribution in [0.4, 0.5) is 4.79 Å². The highest BCUT2D eigenvalue weighted by molar-refractivity contribution is 5.77. The molecule has 1 aromatic carbocycles. The summed E-state index contributed by atoms with van der Waals surface area (Å²) in [4.78, 5) is 24.9. The number of aryl methyl sites for hydroxylation is 1.